The summed E-state index contributed by atoms with van der Waals surface area (Å²) in [5.41, 5.74) is -0.831. The number of benzene rings is 1. The smallest absolute Gasteiger partial charge is 0.335 e. The van der Waals surface area contributed by atoms with Gasteiger partial charge in [0.1, 0.15) is 5.75 Å². The number of rotatable bonds is 2. The molecule has 0 aliphatic heterocycles. The normalized spacial score (nSPS) is 19.5. The maximum absolute atomic E-state index is 10.8. The minimum atomic E-state index is -2.95. The third-order valence-corrected chi connectivity index (χ3v) is 0.918. The van der Waals surface area contributed by atoms with Crippen molar-refractivity contribution in [1.29, 1.82) is 0 Å². The molecule has 0 aliphatic carbocycles. The monoisotopic (exact) mass is 160 g/mol. The summed E-state index contributed by atoms with van der Waals surface area (Å²) in [6.45, 7) is 0. The minimum Gasteiger partial charge on any atom is -0.497 e. The largest absolute Gasteiger partial charge is 0.497 e. The summed E-state index contributed by atoms with van der Waals surface area (Å²) in [5, 5.41) is 8.76. The molecule has 1 aromatic carbocycles. The second kappa shape index (κ2) is 3.05. The number of aromatic carboxylic acids is 1. The van der Waals surface area contributed by atoms with Crippen LogP contribution in [0, 0.1) is 0 Å². The minimum absolute atomic E-state index is 0.796. The summed E-state index contributed by atoms with van der Waals surface area (Å²) < 4.78 is 54.5. The highest BCUT2D eigenvalue weighted by Crippen LogP contribution is 2.10. The molecular weight excluding hydrogens is 145 g/mol. The highest BCUT2D eigenvalue weighted by molar-refractivity contribution is 5.87. The fraction of sp³-hybridized carbons (Fsp3) is 0.125. The van der Waals surface area contributed by atoms with Crippen LogP contribution in [0.25, 0.3) is 0 Å². The predicted octanol–water partition coefficient (Wildman–Crippen LogP) is 1.39. The molecule has 0 amide bonds. The number of ether oxygens (including phenoxy) is 1. The summed E-state index contributed by atoms with van der Waals surface area (Å²) in [5.74, 6) is -2.43. The van der Waals surface area contributed by atoms with E-state index in [1.165, 1.54) is 0 Å². The number of hydrogen-bond acceptors (Lipinski definition) is 2. The number of methoxy groups -OCH3 is 1. The second-order valence-electron chi connectivity index (χ2n) is 1.61. The molecular formula is C8H8O3. The molecule has 1 N–H and O–H groups in total. The van der Waals surface area contributed by atoms with Crippen molar-refractivity contribution in [1.82, 2.24) is 0 Å². The van der Waals surface area contributed by atoms with Crippen LogP contribution in [-0.2, 0) is 0 Å². The van der Waals surface area contributed by atoms with Gasteiger partial charge in [0.05, 0.1) is 22.2 Å². The summed E-state index contributed by atoms with van der Waals surface area (Å²) >= 11 is 0. The first-order valence-corrected chi connectivity index (χ1v) is 2.59. The van der Waals surface area contributed by atoms with Crippen molar-refractivity contribution >= 4 is 5.97 Å². The lowest BCUT2D eigenvalue weighted by atomic mass is 10.2. The van der Waals surface area contributed by atoms with Crippen molar-refractivity contribution in [3.63, 3.8) is 0 Å². The number of carboxylic acid groups (broad SMARTS) is 1. The van der Waals surface area contributed by atoms with Gasteiger partial charge in [-0.1, -0.05) is 0 Å². The Morgan fingerprint density at radius 2 is 2.27 bits per heavy atom. The third kappa shape index (κ3) is 1.70. The van der Waals surface area contributed by atoms with Gasteiger partial charge < -0.3 is 9.84 Å². The first-order valence-electron chi connectivity index (χ1n) is 6.09. The van der Waals surface area contributed by atoms with Crippen molar-refractivity contribution in [2.45, 2.75) is 0 Å². The second-order valence-corrected chi connectivity index (χ2v) is 1.61. The van der Waals surface area contributed by atoms with Crippen molar-refractivity contribution in [2.24, 2.45) is 0 Å². The molecule has 0 saturated carbocycles. The Morgan fingerprint density at radius 3 is 2.73 bits per heavy atom. The van der Waals surface area contributed by atoms with Gasteiger partial charge in [-0.25, -0.2) is 4.79 Å². The average molecular weight is 160 g/mol. The molecule has 0 heterocycles. The maximum atomic E-state index is 10.8. The molecule has 0 saturated heterocycles. The van der Waals surface area contributed by atoms with Gasteiger partial charge in [0.15, 0.2) is 0 Å². The fourth-order valence-electron chi connectivity index (χ4n) is 0.459. The predicted molar refractivity (Wildman–Crippen MR) is 40.0 cm³/mol. The van der Waals surface area contributed by atoms with Gasteiger partial charge in [0.2, 0.25) is 0 Å². The summed E-state index contributed by atoms with van der Waals surface area (Å²) in [7, 11) is -2.95. The van der Waals surface area contributed by atoms with E-state index < -0.39 is 48.5 Å². The zero-order valence-electron chi connectivity index (χ0n) is 12.3. The summed E-state index contributed by atoms with van der Waals surface area (Å²) in [6, 6.07) is -3.40. The van der Waals surface area contributed by atoms with Crippen molar-refractivity contribution in [3.8, 4) is 5.75 Å². The Balaban J connectivity index is 3.54. The standard InChI is InChI=1S/C8H8O3/c1-11-7-4-2-6(3-5-7)8(9)10/h2-5H,1H3,(H,9,10)/i1+1D3,2D,3D,4D,5D. The van der Waals surface area contributed by atoms with Crippen molar-refractivity contribution < 1.29 is 24.2 Å². The lowest BCUT2D eigenvalue weighted by molar-refractivity contribution is 0.0697. The van der Waals surface area contributed by atoms with E-state index in [4.69, 9.17) is 14.7 Å². The lowest BCUT2D eigenvalue weighted by Crippen LogP contribution is -1.95. The van der Waals surface area contributed by atoms with Gasteiger partial charge in [-0.15, -0.1) is 0 Å². The molecule has 1 aromatic rings. The lowest BCUT2D eigenvalue weighted by Gasteiger charge is -1.98. The highest BCUT2D eigenvalue weighted by Gasteiger charge is 2.00. The molecule has 1 rings (SSSR count). The van der Waals surface area contributed by atoms with Gasteiger partial charge in [-0.2, -0.15) is 0 Å². The number of carbonyl (C=O) groups is 1. The Morgan fingerprint density at radius 1 is 1.64 bits per heavy atom. The third-order valence-electron chi connectivity index (χ3n) is 0.918. The SMILES string of the molecule is [2H]c1c([2H])c(C(=O)O)c([2H])c([2H])c1O[13C]([2H])([2H])[2H]. The first kappa shape index (κ1) is 2.52. The van der Waals surface area contributed by atoms with Gasteiger partial charge in [0, 0.05) is 0 Å². The zero-order chi connectivity index (χ0) is 14.2. The molecule has 0 aromatic heterocycles. The van der Waals surface area contributed by atoms with E-state index >= 15 is 0 Å². The molecule has 3 heteroatoms. The molecule has 3 nitrogen and oxygen atoms in total. The molecule has 0 aliphatic rings. The molecule has 0 bridgehead atoms. The first-order chi connectivity index (χ1) is 8.06. The van der Waals surface area contributed by atoms with Crippen LogP contribution in [0.15, 0.2) is 24.2 Å². The summed E-state index contributed by atoms with van der Waals surface area (Å²) in [4.78, 5) is 10.8. The van der Waals surface area contributed by atoms with E-state index in [0.29, 0.717) is 0 Å². The molecule has 0 fully saturated rings. The number of hydrogen-bond donors (Lipinski definition) is 1. The number of carboxylic acids is 1. The van der Waals surface area contributed by atoms with Crippen LogP contribution in [-0.4, -0.2) is 18.1 Å². The zero-order valence-corrected chi connectivity index (χ0v) is 5.26. The van der Waals surface area contributed by atoms with Crippen molar-refractivity contribution in [3.05, 3.63) is 29.7 Å². The van der Waals surface area contributed by atoms with Gasteiger partial charge >= 0.3 is 5.97 Å². The molecule has 0 radical (unpaired) electrons. The average Bonchev–Trinajstić information content (AvgIpc) is 2.20. The maximum Gasteiger partial charge on any atom is 0.335 e. The van der Waals surface area contributed by atoms with Gasteiger partial charge in [-0.3, -0.25) is 0 Å². The molecule has 0 atom stereocenters. The van der Waals surface area contributed by atoms with E-state index in [1.54, 1.807) is 0 Å². The molecule has 58 valence electrons. The van der Waals surface area contributed by atoms with E-state index in [2.05, 4.69) is 4.74 Å². The van der Waals surface area contributed by atoms with E-state index in [9.17, 15) is 4.79 Å². The molecule has 11 heavy (non-hydrogen) atoms. The Bertz CT molecular complexity index is 479. The van der Waals surface area contributed by atoms with Crippen LogP contribution in [0.4, 0.5) is 0 Å². The Kier molecular flexibility index (Phi) is 0.698. The van der Waals surface area contributed by atoms with Gasteiger partial charge in [0.25, 0.3) is 0 Å². The highest BCUT2D eigenvalue weighted by atomic mass is 16.5. The molecule has 0 unspecified atom stereocenters. The fourth-order valence-corrected chi connectivity index (χ4v) is 0.459. The van der Waals surface area contributed by atoms with Gasteiger partial charge in [-0.05, 0) is 24.2 Å². The van der Waals surface area contributed by atoms with Crippen LogP contribution < -0.4 is 4.74 Å². The van der Waals surface area contributed by atoms with Crippen LogP contribution in [0.5, 0.6) is 5.75 Å². The van der Waals surface area contributed by atoms with E-state index in [-0.39, 0.29) is 0 Å². The quantitative estimate of drug-likeness (QED) is 0.665. The Hall–Kier alpha value is -1.51. The van der Waals surface area contributed by atoms with Crippen LogP contribution in [0.1, 0.15) is 20.0 Å². The van der Waals surface area contributed by atoms with Crippen LogP contribution >= 0.6 is 0 Å². The summed E-state index contributed by atoms with van der Waals surface area (Å²) in [6.07, 6.45) is 0. The Labute approximate surface area is 74.1 Å². The van der Waals surface area contributed by atoms with Crippen LogP contribution in [0.3, 0.4) is 0 Å². The van der Waals surface area contributed by atoms with E-state index in [0.717, 1.165) is 0 Å². The van der Waals surface area contributed by atoms with E-state index in [1.807, 2.05) is 0 Å². The van der Waals surface area contributed by atoms with Crippen LogP contribution in [0.2, 0.25) is 0 Å². The van der Waals surface area contributed by atoms with Crippen molar-refractivity contribution in [2.75, 3.05) is 7.04 Å². The topological polar surface area (TPSA) is 46.5 Å². The molecule has 0 spiro atoms.